The number of benzene rings is 1. The molecule has 1 heterocycles. The Morgan fingerprint density at radius 1 is 1.41 bits per heavy atom. The molecule has 0 bridgehead atoms. The number of oxazole rings is 1. The summed E-state index contributed by atoms with van der Waals surface area (Å²) in [5.74, 6) is 0.537. The Morgan fingerprint density at radius 3 is 2.82 bits per heavy atom. The van der Waals surface area contributed by atoms with Crippen LogP contribution in [-0.2, 0) is 0 Å². The second kappa shape index (κ2) is 4.75. The van der Waals surface area contributed by atoms with Gasteiger partial charge in [0.1, 0.15) is 0 Å². The van der Waals surface area contributed by atoms with Crippen molar-refractivity contribution in [3.05, 3.63) is 34.3 Å². The molecule has 0 aliphatic heterocycles. The Balaban J connectivity index is 2.42. The molecule has 1 unspecified atom stereocenters. The van der Waals surface area contributed by atoms with E-state index >= 15 is 0 Å². The number of rotatable bonds is 4. The lowest BCUT2D eigenvalue weighted by Crippen LogP contribution is -2.12. The van der Waals surface area contributed by atoms with Crippen molar-refractivity contribution in [2.24, 2.45) is 11.7 Å². The molecule has 4 nitrogen and oxygen atoms in total. The highest BCUT2D eigenvalue weighted by Gasteiger charge is 2.16. The predicted molar refractivity (Wildman–Crippen MR) is 68.1 cm³/mol. The third kappa shape index (κ3) is 2.42. The molecule has 17 heavy (non-hydrogen) atoms. The van der Waals surface area contributed by atoms with E-state index in [1.54, 1.807) is 0 Å². The van der Waals surface area contributed by atoms with E-state index in [2.05, 4.69) is 18.8 Å². The first kappa shape index (κ1) is 11.9. The Bertz CT molecular complexity index is 554. The number of nitrogens with one attached hydrogen (secondary N) is 1. The van der Waals surface area contributed by atoms with Gasteiger partial charge in [0.25, 0.3) is 0 Å². The van der Waals surface area contributed by atoms with Crippen molar-refractivity contribution in [3.63, 3.8) is 0 Å². The monoisotopic (exact) mass is 234 g/mol. The summed E-state index contributed by atoms with van der Waals surface area (Å²) in [7, 11) is 0. The van der Waals surface area contributed by atoms with Gasteiger partial charge < -0.3 is 10.2 Å². The second-order valence-electron chi connectivity index (χ2n) is 4.70. The van der Waals surface area contributed by atoms with Gasteiger partial charge in [0.15, 0.2) is 5.58 Å². The van der Waals surface area contributed by atoms with Crippen LogP contribution in [0.5, 0.6) is 0 Å². The van der Waals surface area contributed by atoms with E-state index in [1.165, 1.54) is 5.56 Å². The zero-order valence-electron chi connectivity index (χ0n) is 10.2. The first-order chi connectivity index (χ1) is 8.11. The van der Waals surface area contributed by atoms with Crippen LogP contribution in [0.2, 0.25) is 0 Å². The maximum Gasteiger partial charge on any atom is 0.417 e. The number of hydrogen-bond donors (Lipinski definition) is 2. The minimum absolute atomic E-state index is 0.405. The van der Waals surface area contributed by atoms with Gasteiger partial charge in [-0.2, -0.15) is 0 Å². The molecule has 1 atom stereocenters. The highest BCUT2D eigenvalue weighted by Crippen LogP contribution is 2.29. The van der Waals surface area contributed by atoms with Gasteiger partial charge in [-0.15, -0.1) is 0 Å². The van der Waals surface area contributed by atoms with E-state index in [9.17, 15) is 4.79 Å². The number of aromatic amines is 1. The lowest BCUT2D eigenvalue weighted by Gasteiger charge is -2.20. The van der Waals surface area contributed by atoms with E-state index in [-0.39, 0.29) is 0 Å². The van der Waals surface area contributed by atoms with Crippen molar-refractivity contribution in [2.45, 2.75) is 26.2 Å². The first-order valence-electron chi connectivity index (χ1n) is 5.94. The summed E-state index contributed by atoms with van der Waals surface area (Å²) in [6.45, 7) is 5.04. The average Bonchev–Trinajstić information content (AvgIpc) is 2.64. The normalized spacial score (nSPS) is 13.4. The van der Waals surface area contributed by atoms with Gasteiger partial charge in [-0.25, -0.2) is 4.79 Å². The van der Waals surface area contributed by atoms with Gasteiger partial charge in [0.05, 0.1) is 5.52 Å². The van der Waals surface area contributed by atoms with Crippen molar-refractivity contribution >= 4 is 11.1 Å². The quantitative estimate of drug-likeness (QED) is 0.851. The van der Waals surface area contributed by atoms with Gasteiger partial charge in [-0.05, 0) is 42.5 Å². The lowest BCUT2D eigenvalue weighted by molar-refractivity contribution is 0.473. The molecule has 0 radical (unpaired) electrons. The van der Waals surface area contributed by atoms with Gasteiger partial charge in [0.2, 0.25) is 0 Å². The van der Waals surface area contributed by atoms with Crippen molar-refractivity contribution in [2.75, 3.05) is 6.54 Å². The van der Waals surface area contributed by atoms with Crippen molar-refractivity contribution in [1.82, 2.24) is 4.98 Å². The smallest absolute Gasteiger partial charge is 0.408 e. The van der Waals surface area contributed by atoms with E-state index in [1.807, 2.05) is 18.2 Å². The zero-order valence-corrected chi connectivity index (χ0v) is 10.2. The van der Waals surface area contributed by atoms with Crippen LogP contribution in [0.3, 0.4) is 0 Å². The standard InChI is InChI=1S/C13H18N2O2/c1-8(2)10(5-6-14)9-3-4-12-11(7-9)15-13(16)17-12/h3-4,7-8,10H,5-6,14H2,1-2H3,(H,15,16). The molecule has 1 aromatic carbocycles. The van der Waals surface area contributed by atoms with Crippen LogP contribution < -0.4 is 11.5 Å². The lowest BCUT2D eigenvalue weighted by atomic mass is 9.86. The molecule has 0 aliphatic rings. The number of nitrogens with two attached hydrogens (primary N) is 1. The van der Waals surface area contributed by atoms with Crippen molar-refractivity contribution in [1.29, 1.82) is 0 Å². The van der Waals surface area contributed by atoms with E-state index in [0.717, 1.165) is 11.9 Å². The summed E-state index contributed by atoms with van der Waals surface area (Å²) in [6, 6.07) is 5.84. The number of H-pyrrole nitrogens is 1. The fourth-order valence-corrected chi connectivity index (χ4v) is 2.26. The third-order valence-corrected chi connectivity index (χ3v) is 3.15. The molecule has 0 spiro atoms. The molecule has 2 aromatic rings. The second-order valence-corrected chi connectivity index (χ2v) is 4.70. The number of aromatic nitrogens is 1. The molecule has 2 rings (SSSR count). The Morgan fingerprint density at radius 2 is 2.18 bits per heavy atom. The summed E-state index contributed by atoms with van der Waals surface area (Å²) >= 11 is 0. The van der Waals surface area contributed by atoms with Gasteiger partial charge in [-0.3, -0.25) is 4.98 Å². The molecule has 1 aromatic heterocycles. The minimum Gasteiger partial charge on any atom is -0.408 e. The van der Waals surface area contributed by atoms with Crippen LogP contribution in [0.4, 0.5) is 0 Å². The highest BCUT2D eigenvalue weighted by atomic mass is 16.4. The van der Waals surface area contributed by atoms with Gasteiger partial charge >= 0.3 is 5.76 Å². The zero-order chi connectivity index (χ0) is 12.4. The Hall–Kier alpha value is -1.55. The average molecular weight is 234 g/mol. The minimum atomic E-state index is -0.405. The molecule has 0 fully saturated rings. The van der Waals surface area contributed by atoms with Crippen LogP contribution >= 0.6 is 0 Å². The van der Waals surface area contributed by atoms with E-state index in [4.69, 9.17) is 10.2 Å². The Kier molecular flexibility index (Phi) is 3.33. The fourth-order valence-electron chi connectivity index (χ4n) is 2.26. The first-order valence-corrected chi connectivity index (χ1v) is 5.94. The van der Waals surface area contributed by atoms with Crippen LogP contribution in [-0.4, -0.2) is 11.5 Å². The topological polar surface area (TPSA) is 72.0 Å². The third-order valence-electron chi connectivity index (χ3n) is 3.15. The molecule has 3 N–H and O–H groups in total. The van der Waals surface area contributed by atoms with E-state index in [0.29, 0.717) is 24.0 Å². The summed E-state index contributed by atoms with van der Waals surface area (Å²) in [5.41, 5.74) is 8.21. The predicted octanol–water partition coefficient (Wildman–Crippen LogP) is 2.21. The molecule has 4 heteroatoms. The number of fused-ring (bicyclic) bond motifs is 1. The molecule has 0 aliphatic carbocycles. The van der Waals surface area contributed by atoms with Gasteiger partial charge in [0, 0.05) is 0 Å². The van der Waals surface area contributed by atoms with E-state index < -0.39 is 5.76 Å². The van der Waals surface area contributed by atoms with Crippen molar-refractivity contribution < 1.29 is 4.42 Å². The van der Waals surface area contributed by atoms with Gasteiger partial charge in [-0.1, -0.05) is 19.9 Å². The molecule has 92 valence electrons. The summed E-state index contributed by atoms with van der Waals surface area (Å²) in [4.78, 5) is 13.8. The molecular formula is C13H18N2O2. The number of hydrogen-bond acceptors (Lipinski definition) is 3. The largest absolute Gasteiger partial charge is 0.417 e. The SMILES string of the molecule is CC(C)C(CCN)c1ccc2oc(=O)[nH]c2c1. The maximum absolute atomic E-state index is 11.1. The van der Waals surface area contributed by atoms with Crippen molar-refractivity contribution in [3.8, 4) is 0 Å². The summed E-state index contributed by atoms with van der Waals surface area (Å²) < 4.78 is 4.99. The fraction of sp³-hybridized carbons (Fsp3) is 0.462. The van der Waals surface area contributed by atoms with Crippen LogP contribution in [0, 0.1) is 5.92 Å². The van der Waals surface area contributed by atoms with Crippen LogP contribution in [0.15, 0.2) is 27.4 Å². The molecule has 0 saturated carbocycles. The molecule has 0 amide bonds. The summed E-state index contributed by atoms with van der Waals surface area (Å²) in [5, 5.41) is 0. The molecular weight excluding hydrogens is 216 g/mol. The maximum atomic E-state index is 11.1. The van der Waals surface area contributed by atoms with Crippen LogP contribution in [0.25, 0.3) is 11.1 Å². The van der Waals surface area contributed by atoms with Crippen LogP contribution in [0.1, 0.15) is 31.7 Å². The summed E-state index contributed by atoms with van der Waals surface area (Å²) in [6.07, 6.45) is 0.950. The Labute approximate surface area is 99.8 Å². The molecule has 0 saturated heterocycles. The highest BCUT2D eigenvalue weighted by molar-refractivity contribution is 5.72.